The summed E-state index contributed by atoms with van der Waals surface area (Å²) >= 11 is 0. The van der Waals surface area contributed by atoms with E-state index in [0.717, 1.165) is 23.4 Å². The van der Waals surface area contributed by atoms with Gasteiger partial charge in [-0.15, -0.1) is 0 Å². The van der Waals surface area contributed by atoms with Gasteiger partial charge in [0.25, 0.3) is 0 Å². The minimum atomic E-state index is -0.496. The number of nitrogens with one attached hydrogen (secondary N) is 1. The van der Waals surface area contributed by atoms with Gasteiger partial charge < -0.3 is 14.8 Å². The summed E-state index contributed by atoms with van der Waals surface area (Å²) in [5.74, 6) is -0.134. The number of hydrogen-bond acceptors (Lipinski definition) is 5. The number of rotatable bonds is 5. The standard InChI is InChI=1S/C24H31NO4/c1-7-28-19-11-9-8-10-16(19)21-20(23(27)29-14(2)3)15(4)25-17-12-24(5,6)13-18(26)22(17)21/h8-11,14,21,25H,7,12-13H2,1-6H3. The molecule has 0 saturated heterocycles. The fourth-order valence-corrected chi connectivity index (χ4v) is 4.30. The Morgan fingerprint density at radius 1 is 1.24 bits per heavy atom. The molecule has 0 bridgehead atoms. The lowest BCUT2D eigenvalue weighted by Gasteiger charge is -2.39. The topological polar surface area (TPSA) is 64.6 Å². The number of hydrogen-bond donors (Lipinski definition) is 1. The van der Waals surface area contributed by atoms with Gasteiger partial charge in [-0.3, -0.25) is 4.79 Å². The van der Waals surface area contributed by atoms with E-state index in [2.05, 4.69) is 19.2 Å². The number of esters is 1. The molecule has 0 spiro atoms. The maximum absolute atomic E-state index is 13.3. The van der Waals surface area contributed by atoms with E-state index >= 15 is 0 Å². The normalized spacial score (nSPS) is 21.1. The zero-order valence-corrected chi connectivity index (χ0v) is 18.2. The summed E-state index contributed by atoms with van der Waals surface area (Å²) in [4.78, 5) is 26.4. The molecule has 0 aromatic heterocycles. The Morgan fingerprint density at radius 2 is 1.93 bits per heavy atom. The first kappa shape index (κ1) is 21.2. The van der Waals surface area contributed by atoms with E-state index in [4.69, 9.17) is 9.47 Å². The van der Waals surface area contributed by atoms with E-state index in [1.807, 2.05) is 52.0 Å². The van der Waals surface area contributed by atoms with Crippen LogP contribution >= 0.6 is 0 Å². The highest BCUT2D eigenvalue weighted by atomic mass is 16.5. The van der Waals surface area contributed by atoms with E-state index in [1.165, 1.54) is 0 Å². The van der Waals surface area contributed by atoms with Crippen LogP contribution in [0.4, 0.5) is 0 Å². The maximum atomic E-state index is 13.3. The van der Waals surface area contributed by atoms with Crippen molar-refractivity contribution in [3.05, 3.63) is 52.4 Å². The number of ether oxygens (including phenoxy) is 2. The fourth-order valence-electron chi connectivity index (χ4n) is 4.30. The predicted molar refractivity (Wildman–Crippen MR) is 112 cm³/mol. The number of para-hydroxylation sites is 1. The highest BCUT2D eigenvalue weighted by Crippen LogP contribution is 2.48. The molecule has 1 unspecified atom stereocenters. The number of ketones is 1. The summed E-state index contributed by atoms with van der Waals surface area (Å²) in [6.07, 6.45) is 0.958. The van der Waals surface area contributed by atoms with Crippen LogP contribution in [0.3, 0.4) is 0 Å². The van der Waals surface area contributed by atoms with Crippen LogP contribution in [0.25, 0.3) is 0 Å². The number of allylic oxidation sites excluding steroid dienone is 3. The van der Waals surface area contributed by atoms with Gasteiger partial charge in [0.15, 0.2) is 5.78 Å². The molecule has 1 N–H and O–H groups in total. The summed E-state index contributed by atoms with van der Waals surface area (Å²) < 4.78 is 11.4. The monoisotopic (exact) mass is 397 g/mol. The van der Waals surface area contributed by atoms with Crippen LogP contribution in [0, 0.1) is 5.41 Å². The van der Waals surface area contributed by atoms with Gasteiger partial charge in [0, 0.05) is 29.0 Å². The number of benzene rings is 1. The average molecular weight is 398 g/mol. The van der Waals surface area contributed by atoms with Crippen LogP contribution in [0.2, 0.25) is 0 Å². The van der Waals surface area contributed by atoms with Crippen LogP contribution in [-0.2, 0) is 14.3 Å². The van der Waals surface area contributed by atoms with E-state index in [0.29, 0.717) is 29.9 Å². The van der Waals surface area contributed by atoms with E-state index in [9.17, 15) is 9.59 Å². The van der Waals surface area contributed by atoms with E-state index < -0.39 is 11.9 Å². The molecule has 1 heterocycles. The SMILES string of the molecule is CCOc1ccccc1C1C(C(=O)OC(C)C)=C(C)NC2=C1C(=O)CC(C)(C)C2. The second-order valence-electron chi connectivity index (χ2n) is 8.85. The molecule has 0 amide bonds. The molecule has 1 aliphatic carbocycles. The highest BCUT2D eigenvalue weighted by molar-refractivity contribution is 6.04. The first-order valence-corrected chi connectivity index (χ1v) is 10.3. The van der Waals surface area contributed by atoms with Gasteiger partial charge in [-0.1, -0.05) is 32.0 Å². The van der Waals surface area contributed by atoms with Crippen LogP contribution in [-0.4, -0.2) is 24.5 Å². The second-order valence-corrected chi connectivity index (χ2v) is 8.85. The van der Waals surface area contributed by atoms with Gasteiger partial charge in [0.1, 0.15) is 5.75 Å². The van der Waals surface area contributed by atoms with Crippen molar-refractivity contribution < 1.29 is 19.1 Å². The smallest absolute Gasteiger partial charge is 0.337 e. The highest BCUT2D eigenvalue weighted by Gasteiger charge is 2.44. The molecule has 0 radical (unpaired) electrons. The Labute approximate surface area is 173 Å². The Balaban J connectivity index is 2.21. The van der Waals surface area contributed by atoms with Gasteiger partial charge in [0.05, 0.1) is 24.2 Å². The molecule has 5 nitrogen and oxygen atoms in total. The third kappa shape index (κ3) is 4.24. The van der Waals surface area contributed by atoms with E-state index in [1.54, 1.807) is 0 Å². The largest absolute Gasteiger partial charge is 0.494 e. The summed E-state index contributed by atoms with van der Waals surface area (Å²) in [5, 5.41) is 3.36. The molecule has 0 fully saturated rings. The van der Waals surface area contributed by atoms with Crippen LogP contribution in [0.5, 0.6) is 5.75 Å². The third-order valence-electron chi connectivity index (χ3n) is 5.33. The zero-order chi connectivity index (χ0) is 21.3. The number of dihydropyridines is 1. The van der Waals surface area contributed by atoms with Crippen molar-refractivity contribution in [2.24, 2.45) is 5.41 Å². The molecule has 5 heteroatoms. The van der Waals surface area contributed by atoms with Gasteiger partial charge in [0.2, 0.25) is 0 Å². The molecular formula is C24H31NO4. The molecule has 1 aliphatic heterocycles. The predicted octanol–water partition coefficient (Wildman–Crippen LogP) is 4.64. The first-order valence-electron chi connectivity index (χ1n) is 10.3. The summed E-state index contributed by atoms with van der Waals surface area (Å²) in [5.41, 5.74) is 3.49. The lowest BCUT2D eigenvalue weighted by Crippen LogP contribution is -2.39. The summed E-state index contributed by atoms with van der Waals surface area (Å²) in [6, 6.07) is 7.64. The first-order chi connectivity index (χ1) is 13.6. The van der Waals surface area contributed by atoms with Crippen molar-refractivity contribution in [3.63, 3.8) is 0 Å². The molecule has 156 valence electrons. The number of carbonyl (C=O) groups is 2. The number of carbonyl (C=O) groups excluding carboxylic acids is 2. The Kier molecular flexibility index (Phi) is 5.87. The van der Waals surface area contributed by atoms with Crippen molar-refractivity contribution in [2.45, 2.75) is 66.4 Å². The molecule has 0 saturated carbocycles. The molecule has 1 aromatic rings. The summed E-state index contributed by atoms with van der Waals surface area (Å²) in [6.45, 7) is 12.2. The van der Waals surface area contributed by atoms with Crippen molar-refractivity contribution in [2.75, 3.05) is 6.61 Å². The Bertz CT molecular complexity index is 892. The van der Waals surface area contributed by atoms with Crippen LogP contribution in [0.1, 0.15) is 65.9 Å². The fraction of sp³-hybridized carbons (Fsp3) is 0.500. The average Bonchev–Trinajstić information content (AvgIpc) is 2.59. The minimum Gasteiger partial charge on any atom is -0.494 e. The van der Waals surface area contributed by atoms with Crippen molar-refractivity contribution in [1.29, 1.82) is 0 Å². The number of Topliss-reactive ketones (excluding diaryl/α,β-unsaturated/α-hetero) is 1. The lowest BCUT2D eigenvalue weighted by atomic mass is 9.68. The second kappa shape index (κ2) is 8.05. The molecule has 1 aromatic carbocycles. The molecule has 1 atom stereocenters. The van der Waals surface area contributed by atoms with Crippen molar-refractivity contribution in [3.8, 4) is 5.75 Å². The minimum absolute atomic E-state index is 0.0717. The van der Waals surface area contributed by atoms with Crippen molar-refractivity contribution >= 4 is 11.8 Å². The van der Waals surface area contributed by atoms with Crippen LogP contribution < -0.4 is 10.1 Å². The molecule has 2 aliphatic rings. The van der Waals surface area contributed by atoms with Gasteiger partial charge in [-0.05, 0) is 45.6 Å². The maximum Gasteiger partial charge on any atom is 0.337 e. The van der Waals surface area contributed by atoms with Crippen LogP contribution in [0.15, 0.2) is 46.8 Å². The van der Waals surface area contributed by atoms with Crippen molar-refractivity contribution in [1.82, 2.24) is 5.32 Å². The third-order valence-corrected chi connectivity index (χ3v) is 5.33. The Hall–Kier alpha value is -2.56. The Morgan fingerprint density at radius 3 is 2.59 bits per heavy atom. The van der Waals surface area contributed by atoms with Gasteiger partial charge in [-0.25, -0.2) is 4.79 Å². The molecular weight excluding hydrogens is 366 g/mol. The van der Waals surface area contributed by atoms with Gasteiger partial charge in [-0.2, -0.15) is 0 Å². The van der Waals surface area contributed by atoms with Gasteiger partial charge >= 0.3 is 5.97 Å². The summed E-state index contributed by atoms with van der Waals surface area (Å²) in [7, 11) is 0. The quantitative estimate of drug-likeness (QED) is 0.733. The van der Waals surface area contributed by atoms with E-state index in [-0.39, 0.29) is 17.3 Å². The lowest BCUT2D eigenvalue weighted by molar-refractivity contribution is -0.143. The zero-order valence-electron chi connectivity index (χ0n) is 18.2. The molecule has 3 rings (SSSR count). The molecule has 29 heavy (non-hydrogen) atoms.